The topological polar surface area (TPSA) is 46.5 Å². The first kappa shape index (κ1) is 16.8. The molecule has 0 heterocycles. The lowest BCUT2D eigenvalue weighted by Crippen LogP contribution is -2.38. The number of fused-ring (bicyclic) bond motifs is 1. The van der Waals surface area contributed by atoms with Crippen LogP contribution < -0.4 is 4.74 Å². The summed E-state index contributed by atoms with van der Waals surface area (Å²) in [5.74, 6) is 0.0471. The Kier molecular flexibility index (Phi) is 5.00. The Balaban J connectivity index is 2.19. The van der Waals surface area contributed by atoms with Crippen LogP contribution >= 0.6 is 15.9 Å². The van der Waals surface area contributed by atoms with Crippen molar-refractivity contribution in [3.8, 4) is 5.75 Å². The van der Waals surface area contributed by atoms with Gasteiger partial charge in [0.1, 0.15) is 5.75 Å². The van der Waals surface area contributed by atoms with Gasteiger partial charge in [0.15, 0.2) is 0 Å². The lowest BCUT2D eigenvalue weighted by Gasteiger charge is -2.35. The first-order valence-corrected chi connectivity index (χ1v) is 9.51. The van der Waals surface area contributed by atoms with E-state index in [1.165, 1.54) is 30.4 Å². The van der Waals surface area contributed by atoms with Crippen molar-refractivity contribution in [2.24, 2.45) is 0 Å². The van der Waals surface area contributed by atoms with Gasteiger partial charge in [0.05, 0.1) is 17.0 Å². The molecule has 0 bridgehead atoms. The molecule has 4 heteroatoms. The quantitative estimate of drug-likeness (QED) is 0.749. The second kappa shape index (κ2) is 6.84. The Morgan fingerprint density at radius 2 is 1.78 bits per heavy atom. The van der Waals surface area contributed by atoms with Crippen LogP contribution in [0.5, 0.6) is 5.75 Å². The number of carboxylic acid groups (broad SMARTS) is 1. The summed E-state index contributed by atoms with van der Waals surface area (Å²) in [5.41, 5.74) is 2.74. The van der Waals surface area contributed by atoms with Crippen molar-refractivity contribution in [1.29, 1.82) is 0 Å². The third kappa shape index (κ3) is 2.90. The first-order chi connectivity index (χ1) is 11.1. The van der Waals surface area contributed by atoms with E-state index >= 15 is 0 Å². The summed E-state index contributed by atoms with van der Waals surface area (Å²) in [7, 11) is 1.66. The van der Waals surface area contributed by atoms with Gasteiger partial charge in [-0.1, -0.05) is 31.7 Å². The molecule has 0 atom stereocenters. The monoisotopic (exact) mass is 380 g/mol. The zero-order valence-corrected chi connectivity index (χ0v) is 15.4. The Morgan fingerprint density at radius 3 is 2.43 bits per heavy atom. The third-order valence-corrected chi connectivity index (χ3v) is 6.46. The largest absolute Gasteiger partial charge is 0.495 e. The summed E-state index contributed by atoms with van der Waals surface area (Å²) < 4.78 is 6.69. The summed E-state index contributed by atoms with van der Waals surface area (Å²) in [6.07, 6.45) is 10.2. The van der Waals surface area contributed by atoms with Crippen molar-refractivity contribution in [1.82, 2.24) is 0 Å². The third-order valence-electron chi connectivity index (χ3n) is 5.62. The average molecular weight is 381 g/mol. The van der Waals surface area contributed by atoms with Gasteiger partial charge in [0.25, 0.3) is 0 Å². The van der Waals surface area contributed by atoms with E-state index in [-0.39, 0.29) is 0 Å². The SMILES string of the molecule is COc1c(C2(C(=O)O)CCCCC2)cc2c(c1Br)CCCCC2. The fraction of sp³-hybridized carbons (Fsp3) is 0.632. The van der Waals surface area contributed by atoms with Crippen LogP contribution in [0, 0.1) is 0 Å². The van der Waals surface area contributed by atoms with Crippen molar-refractivity contribution >= 4 is 21.9 Å². The highest BCUT2D eigenvalue weighted by atomic mass is 79.9. The lowest BCUT2D eigenvalue weighted by molar-refractivity contribution is -0.145. The number of rotatable bonds is 3. The van der Waals surface area contributed by atoms with Crippen molar-refractivity contribution in [3.05, 3.63) is 27.2 Å². The van der Waals surface area contributed by atoms with Gasteiger partial charge in [-0.05, 0) is 65.6 Å². The number of halogens is 1. The summed E-state index contributed by atoms with van der Waals surface area (Å²) in [5, 5.41) is 10.0. The highest BCUT2D eigenvalue weighted by Crippen LogP contribution is 2.48. The van der Waals surface area contributed by atoms with E-state index < -0.39 is 11.4 Å². The minimum Gasteiger partial charge on any atom is -0.495 e. The molecule has 1 aromatic carbocycles. The number of carbonyl (C=O) groups is 1. The molecule has 0 aromatic heterocycles. The van der Waals surface area contributed by atoms with E-state index in [1.54, 1.807) is 7.11 Å². The number of methoxy groups -OCH3 is 1. The second-order valence-corrected chi connectivity index (χ2v) is 7.71. The molecule has 3 nitrogen and oxygen atoms in total. The maximum atomic E-state index is 12.2. The predicted octanol–water partition coefficient (Wildman–Crippen LogP) is 5.01. The Hall–Kier alpha value is -1.03. The van der Waals surface area contributed by atoms with E-state index in [9.17, 15) is 9.90 Å². The predicted molar refractivity (Wildman–Crippen MR) is 94.4 cm³/mol. The molecule has 0 saturated heterocycles. The van der Waals surface area contributed by atoms with Gasteiger partial charge in [-0.15, -0.1) is 0 Å². The molecule has 1 N–H and O–H groups in total. The Labute approximate surface area is 146 Å². The number of ether oxygens (including phenoxy) is 1. The molecular formula is C19H25BrO3. The van der Waals surface area contributed by atoms with E-state index in [1.807, 2.05) is 0 Å². The van der Waals surface area contributed by atoms with Gasteiger partial charge in [-0.3, -0.25) is 4.79 Å². The number of hydrogen-bond donors (Lipinski definition) is 1. The molecular weight excluding hydrogens is 356 g/mol. The van der Waals surface area contributed by atoms with Gasteiger partial charge < -0.3 is 9.84 Å². The van der Waals surface area contributed by atoms with Crippen molar-refractivity contribution in [3.63, 3.8) is 0 Å². The highest BCUT2D eigenvalue weighted by molar-refractivity contribution is 9.10. The molecule has 3 rings (SSSR count). The van der Waals surface area contributed by atoms with Crippen LogP contribution in [0.15, 0.2) is 10.5 Å². The number of benzene rings is 1. The number of aryl methyl sites for hydroxylation is 1. The Bertz CT molecular complexity index is 603. The normalized spacial score (nSPS) is 20.4. The van der Waals surface area contributed by atoms with Gasteiger partial charge in [0.2, 0.25) is 0 Å². The molecule has 0 amide bonds. The number of hydrogen-bond acceptors (Lipinski definition) is 2. The van der Waals surface area contributed by atoms with E-state index in [0.29, 0.717) is 12.8 Å². The maximum absolute atomic E-state index is 12.2. The molecule has 0 unspecified atom stereocenters. The number of carboxylic acids is 1. The second-order valence-electron chi connectivity index (χ2n) is 6.92. The van der Waals surface area contributed by atoms with E-state index in [4.69, 9.17) is 4.74 Å². The molecule has 0 radical (unpaired) electrons. The Morgan fingerprint density at radius 1 is 1.13 bits per heavy atom. The molecule has 2 aliphatic rings. The van der Waals surface area contributed by atoms with Crippen LogP contribution in [0.4, 0.5) is 0 Å². The van der Waals surface area contributed by atoms with Crippen LogP contribution in [0.3, 0.4) is 0 Å². The molecule has 1 aromatic rings. The minimum absolute atomic E-state index is 0.698. The zero-order valence-electron chi connectivity index (χ0n) is 13.8. The summed E-state index contributed by atoms with van der Waals surface area (Å²) in [6, 6.07) is 2.16. The van der Waals surface area contributed by atoms with Crippen molar-refractivity contribution < 1.29 is 14.6 Å². The molecule has 0 aliphatic heterocycles. The smallest absolute Gasteiger partial charge is 0.314 e. The molecule has 0 spiro atoms. The fourth-order valence-electron chi connectivity index (χ4n) is 4.32. The fourth-order valence-corrected chi connectivity index (χ4v) is 5.15. The van der Waals surface area contributed by atoms with Crippen molar-refractivity contribution in [2.75, 3.05) is 7.11 Å². The van der Waals surface area contributed by atoms with Crippen LogP contribution in [-0.2, 0) is 23.1 Å². The minimum atomic E-state index is -0.784. The molecule has 23 heavy (non-hydrogen) atoms. The van der Waals surface area contributed by atoms with E-state index in [0.717, 1.165) is 47.9 Å². The van der Waals surface area contributed by atoms with Crippen LogP contribution in [0.25, 0.3) is 0 Å². The van der Waals surface area contributed by atoms with Gasteiger partial charge in [0, 0.05) is 5.56 Å². The van der Waals surface area contributed by atoms with Gasteiger partial charge in [-0.2, -0.15) is 0 Å². The molecule has 2 aliphatic carbocycles. The molecule has 1 fully saturated rings. The standard InChI is InChI=1S/C19H25BrO3/c1-23-17-15(19(18(21)22)10-6-3-7-11-19)12-13-8-4-2-5-9-14(13)16(17)20/h12H,2-11H2,1H3,(H,21,22). The summed E-state index contributed by atoms with van der Waals surface area (Å²) >= 11 is 3.73. The summed E-state index contributed by atoms with van der Waals surface area (Å²) in [4.78, 5) is 12.2. The van der Waals surface area contributed by atoms with Crippen molar-refractivity contribution in [2.45, 2.75) is 69.6 Å². The van der Waals surface area contributed by atoms with Crippen LogP contribution in [0.1, 0.15) is 68.1 Å². The zero-order chi connectivity index (χ0) is 16.4. The lowest BCUT2D eigenvalue weighted by atomic mass is 9.68. The van der Waals surface area contributed by atoms with E-state index in [2.05, 4.69) is 22.0 Å². The van der Waals surface area contributed by atoms with Gasteiger partial charge in [-0.25, -0.2) is 0 Å². The molecule has 126 valence electrons. The first-order valence-electron chi connectivity index (χ1n) is 8.72. The maximum Gasteiger partial charge on any atom is 0.314 e. The van der Waals surface area contributed by atoms with Crippen LogP contribution in [0.2, 0.25) is 0 Å². The average Bonchev–Trinajstić information content (AvgIpc) is 2.81. The van der Waals surface area contributed by atoms with Crippen LogP contribution in [-0.4, -0.2) is 18.2 Å². The summed E-state index contributed by atoms with van der Waals surface area (Å²) in [6.45, 7) is 0. The number of aliphatic carboxylic acids is 1. The highest BCUT2D eigenvalue weighted by Gasteiger charge is 2.44. The van der Waals surface area contributed by atoms with Gasteiger partial charge >= 0.3 is 5.97 Å². The molecule has 1 saturated carbocycles.